The smallest absolute Gasteiger partial charge is 0.275 e. The van der Waals surface area contributed by atoms with Crippen molar-refractivity contribution in [3.05, 3.63) is 51.9 Å². The second-order valence-electron chi connectivity index (χ2n) is 6.74. The number of benzene rings is 1. The Bertz CT molecular complexity index is 1040. The third kappa shape index (κ3) is 3.85. The first-order chi connectivity index (χ1) is 13.0. The van der Waals surface area contributed by atoms with Crippen LogP contribution < -0.4 is 10.9 Å². The van der Waals surface area contributed by atoms with Crippen LogP contribution in [0.3, 0.4) is 0 Å². The molecule has 140 valence electrons. The highest BCUT2D eigenvalue weighted by molar-refractivity contribution is 7.20. The fourth-order valence-corrected chi connectivity index (χ4v) is 3.83. The molecule has 8 heteroatoms. The number of hydrogen-bond donors (Lipinski definition) is 1. The van der Waals surface area contributed by atoms with Crippen molar-refractivity contribution in [2.24, 2.45) is 0 Å². The molecule has 2 aromatic heterocycles. The highest BCUT2D eigenvalue weighted by Crippen LogP contribution is 2.29. The summed E-state index contributed by atoms with van der Waals surface area (Å²) < 4.78 is 1.32. The maximum atomic E-state index is 12.1. The van der Waals surface area contributed by atoms with Gasteiger partial charge in [-0.3, -0.25) is 9.59 Å². The number of nitrogens with zero attached hydrogens (tertiary/aromatic N) is 4. The zero-order valence-corrected chi connectivity index (χ0v) is 16.1. The zero-order chi connectivity index (χ0) is 19.0. The van der Waals surface area contributed by atoms with Crippen LogP contribution in [0, 0.1) is 0 Å². The van der Waals surface area contributed by atoms with Crippen LogP contribution in [0.5, 0.6) is 0 Å². The van der Waals surface area contributed by atoms with Gasteiger partial charge in [-0.25, -0.2) is 4.98 Å². The predicted octanol–water partition coefficient (Wildman–Crippen LogP) is 2.97. The minimum Gasteiger partial charge on any atom is -0.336 e. The van der Waals surface area contributed by atoms with Crippen molar-refractivity contribution in [3.63, 3.8) is 0 Å². The largest absolute Gasteiger partial charge is 0.336 e. The molecule has 2 heterocycles. The average Bonchev–Trinajstić information content (AvgIpc) is 3.40. The molecular weight excluding hydrogens is 362 g/mol. The summed E-state index contributed by atoms with van der Waals surface area (Å²) in [5.74, 6) is 0.124. The first kappa shape index (κ1) is 17.7. The van der Waals surface area contributed by atoms with Crippen LogP contribution in [0.4, 0.5) is 10.8 Å². The highest BCUT2D eigenvalue weighted by Gasteiger charge is 2.30. The molecule has 1 aliphatic carbocycles. The van der Waals surface area contributed by atoms with Gasteiger partial charge in [-0.15, -0.1) is 5.10 Å². The van der Waals surface area contributed by atoms with Crippen molar-refractivity contribution in [1.82, 2.24) is 19.5 Å². The fourth-order valence-electron chi connectivity index (χ4n) is 2.99. The van der Waals surface area contributed by atoms with Gasteiger partial charge in [0.1, 0.15) is 0 Å². The molecule has 0 radical (unpaired) electrons. The van der Waals surface area contributed by atoms with Crippen molar-refractivity contribution in [2.75, 3.05) is 5.32 Å². The first-order valence-electron chi connectivity index (χ1n) is 9.06. The topological polar surface area (TPSA) is 79.6 Å². The molecule has 0 unspecified atom stereocenters. The summed E-state index contributed by atoms with van der Waals surface area (Å²) in [5, 5.41) is 8.14. The third-order valence-corrected chi connectivity index (χ3v) is 5.43. The molecule has 0 spiro atoms. The van der Waals surface area contributed by atoms with Crippen molar-refractivity contribution < 1.29 is 4.79 Å². The number of carbonyl (C=O) groups excluding carboxylic acids is 1. The first-order valence-corrected chi connectivity index (χ1v) is 9.88. The number of anilines is 2. The van der Waals surface area contributed by atoms with Gasteiger partial charge >= 0.3 is 0 Å². The SMILES string of the molecule is CCc1cc(=O)n2nc(Nc3ccc(CN(C(C)=O)C4CC4)cc3)sc2n1. The van der Waals surface area contributed by atoms with Crippen molar-refractivity contribution >= 4 is 33.0 Å². The molecule has 0 saturated heterocycles. The van der Waals surface area contributed by atoms with E-state index in [0.29, 0.717) is 29.1 Å². The average molecular weight is 383 g/mol. The Labute approximate surface area is 160 Å². The van der Waals surface area contributed by atoms with Crippen LogP contribution in [-0.2, 0) is 17.8 Å². The van der Waals surface area contributed by atoms with Crippen molar-refractivity contribution in [1.29, 1.82) is 0 Å². The lowest BCUT2D eigenvalue weighted by Gasteiger charge is -2.20. The predicted molar refractivity (Wildman–Crippen MR) is 105 cm³/mol. The number of rotatable bonds is 6. The van der Waals surface area contributed by atoms with Gasteiger partial charge in [0.15, 0.2) is 0 Å². The molecular formula is C19H21N5O2S. The van der Waals surface area contributed by atoms with Gasteiger partial charge in [0.25, 0.3) is 5.56 Å². The lowest BCUT2D eigenvalue weighted by molar-refractivity contribution is -0.130. The molecule has 1 aliphatic rings. The van der Waals surface area contributed by atoms with Crippen LogP contribution in [0.1, 0.15) is 37.9 Å². The van der Waals surface area contributed by atoms with Crippen molar-refractivity contribution in [3.8, 4) is 0 Å². The third-order valence-electron chi connectivity index (χ3n) is 4.61. The van der Waals surface area contributed by atoms with E-state index >= 15 is 0 Å². The summed E-state index contributed by atoms with van der Waals surface area (Å²) in [6.45, 7) is 4.23. The van der Waals surface area contributed by atoms with Gasteiger partial charge in [-0.2, -0.15) is 4.52 Å². The monoisotopic (exact) mass is 383 g/mol. The minimum atomic E-state index is -0.166. The van der Waals surface area contributed by atoms with Gasteiger partial charge in [0, 0.05) is 37.0 Å². The molecule has 27 heavy (non-hydrogen) atoms. The summed E-state index contributed by atoms with van der Waals surface area (Å²) >= 11 is 1.34. The van der Waals surface area contributed by atoms with Gasteiger partial charge in [-0.05, 0) is 37.0 Å². The van der Waals surface area contributed by atoms with Gasteiger partial charge in [0.05, 0.1) is 0 Å². The normalized spacial score (nSPS) is 13.7. The van der Waals surface area contributed by atoms with Crippen molar-refractivity contribution in [2.45, 2.75) is 45.7 Å². The number of carbonyl (C=O) groups is 1. The molecule has 0 bridgehead atoms. The second-order valence-corrected chi connectivity index (χ2v) is 7.70. The maximum absolute atomic E-state index is 12.1. The van der Waals surface area contributed by atoms with Gasteiger partial charge < -0.3 is 10.2 Å². The molecule has 1 N–H and O–H groups in total. The maximum Gasteiger partial charge on any atom is 0.275 e. The number of fused-ring (bicyclic) bond motifs is 1. The second kappa shape index (κ2) is 7.11. The van der Waals surface area contributed by atoms with E-state index in [2.05, 4.69) is 15.4 Å². The summed E-state index contributed by atoms with van der Waals surface area (Å²) in [7, 11) is 0. The van der Waals surface area contributed by atoms with E-state index in [9.17, 15) is 9.59 Å². The molecule has 3 aromatic rings. The van der Waals surface area contributed by atoms with E-state index in [1.54, 1.807) is 6.92 Å². The summed E-state index contributed by atoms with van der Waals surface area (Å²) in [6, 6.07) is 9.86. The Morgan fingerprint density at radius 2 is 2.07 bits per heavy atom. The van der Waals surface area contributed by atoms with E-state index in [1.165, 1.54) is 21.9 Å². The minimum absolute atomic E-state index is 0.124. The fraction of sp³-hybridized carbons (Fsp3) is 0.368. The quantitative estimate of drug-likeness (QED) is 0.708. The molecule has 1 saturated carbocycles. The number of amides is 1. The number of hydrogen-bond acceptors (Lipinski definition) is 6. The molecule has 7 nitrogen and oxygen atoms in total. The highest BCUT2D eigenvalue weighted by atomic mass is 32.1. The molecule has 4 rings (SSSR count). The van der Waals surface area contributed by atoms with Crippen LogP contribution in [0.25, 0.3) is 4.96 Å². The Morgan fingerprint density at radius 1 is 1.33 bits per heavy atom. The Kier molecular flexibility index (Phi) is 4.65. The van der Waals surface area contributed by atoms with Crippen LogP contribution in [-0.4, -0.2) is 31.4 Å². The van der Waals surface area contributed by atoms with Crippen LogP contribution in [0.15, 0.2) is 35.1 Å². The van der Waals surface area contributed by atoms with Crippen LogP contribution in [0.2, 0.25) is 0 Å². The van der Waals surface area contributed by atoms with Gasteiger partial charge in [0.2, 0.25) is 16.0 Å². The number of aryl methyl sites for hydroxylation is 1. The Morgan fingerprint density at radius 3 is 2.70 bits per heavy atom. The lowest BCUT2D eigenvalue weighted by atomic mass is 10.2. The molecule has 0 aliphatic heterocycles. The van der Waals surface area contributed by atoms with E-state index < -0.39 is 0 Å². The standard InChI is InChI=1S/C19H21N5O2S/c1-3-14-10-17(26)24-19(21-14)27-18(22-24)20-15-6-4-13(5-7-15)11-23(12(2)25)16-8-9-16/h4-7,10,16H,3,8-9,11H2,1-2H3,(H,20,22). The summed E-state index contributed by atoms with van der Waals surface area (Å²) in [6.07, 6.45) is 2.92. The zero-order valence-electron chi connectivity index (χ0n) is 15.3. The van der Waals surface area contributed by atoms with E-state index in [-0.39, 0.29) is 11.5 Å². The Balaban J connectivity index is 1.50. The van der Waals surface area contributed by atoms with E-state index in [1.807, 2.05) is 36.1 Å². The molecule has 0 atom stereocenters. The van der Waals surface area contributed by atoms with E-state index in [4.69, 9.17) is 0 Å². The molecule has 1 amide bonds. The number of aromatic nitrogens is 3. The van der Waals surface area contributed by atoms with Crippen LogP contribution >= 0.6 is 11.3 Å². The van der Waals surface area contributed by atoms with Gasteiger partial charge in [-0.1, -0.05) is 30.4 Å². The summed E-state index contributed by atoms with van der Waals surface area (Å²) in [4.78, 5) is 30.8. The molecule has 1 fully saturated rings. The lowest BCUT2D eigenvalue weighted by Crippen LogP contribution is -2.30. The van der Waals surface area contributed by atoms with E-state index in [0.717, 1.165) is 29.8 Å². The number of nitrogens with one attached hydrogen (secondary N) is 1. The summed E-state index contributed by atoms with van der Waals surface area (Å²) in [5.41, 5.74) is 2.57. The molecule has 1 aromatic carbocycles. The Hall–Kier alpha value is -2.74.